The molecule has 3 aromatic carbocycles. The van der Waals surface area contributed by atoms with E-state index in [4.69, 9.17) is 4.74 Å². The highest BCUT2D eigenvalue weighted by Crippen LogP contribution is 2.32. The first-order chi connectivity index (χ1) is 11.2. The van der Waals surface area contributed by atoms with Crippen LogP contribution in [0.4, 0.5) is 4.39 Å². The third-order valence-electron chi connectivity index (χ3n) is 3.99. The van der Waals surface area contributed by atoms with Gasteiger partial charge in [-0.2, -0.15) is 0 Å². The molecule has 0 saturated carbocycles. The van der Waals surface area contributed by atoms with E-state index < -0.39 is 0 Å². The maximum Gasteiger partial charge on any atom is 0.123 e. The van der Waals surface area contributed by atoms with Gasteiger partial charge in [0.25, 0.3) is 0 Å². The Morgan fingerprint density at radius 3 is 2.22 bits per heavy atom. The lowest BCUT2D eigenvalue weighted by molar-refractivity contribution is 0.302. The summed E-state index contributed by atoms with van der Waals surface area (Å²) in [6, 6.07) is 24.8. The molecule has 2 heteroatoms. The molecule has 1 unspecified atom stereocenters. The van der Waals surface area contributed by atoms with Crippen LogP contribution in [0.1, 0.15) is 29.5 Å². The molecule has 0 heterocycles. The second-order valence-corrected chi connectivity index (χ2v) is 5.59. The van der Waals surface area contributed by atoms with Gasteiger partial charge in [0.15, 0.2) is 0 Å². The second-order valence-electron chi connectivity index (χ2n) is 5.59. The van der Waals surface area contributed by atoms with E-state index in [-0.39, 0.29) is 11.7 Å². The van der Waals surface area contributed by atoms with Crippen LogP contribution in [0.15, 0.2) is 78.9 Å². The van der Waals surface area contributed by atoms with E-state index >= 15 is 0 Å². The van der Waals surface area contributed by atoms with Crippen LogP contribution in [0.3, 0.4) is 0 Å². The minimum atomic E-state index is -0.213. The van der Waals surface area contributed by atoms with Gasteiger partial charge in [-0.05, 0) is 29.3 Å². The van der Waals surface area contributed by atoms with Crippen LogP contribution in [0, 0.1) is 5.82 Å². The molecule has 1 atom stereocenters. The van der Waals surface area contributed by atoms with Crippen LogP contribution in [-0.4, -0.2) is 0 Å². The number of benzene rings is 3. The van der Waals surface area contributed by atoms with Crippen LogP contribution in [0.2, 0.25) is 0 Å². The van der Waals surface area contributed by atoms with Crippen molar-refractivity contribution in [3.63, 3.8) is 0 Å². The first kappa shape index (κ1) is 15.3. The molecule has 3 rings (SSSR count). The van der Waals surface area contributed by atoms with Crippen molar-refractivity contribution in [2.75, 3.05) is 0 Å². The van der Waals surface area contributed by atoms with Gasteiger partial charge in [0.05, 0.1) is 0 Å². The zero-order valence-electron chi connectivity index (χ0n) is 13.1. The van der Waals surface area contributed by atoms with Crippen molar-refractivity contribution in [2.24, 2.45) is 0 Å². The van der Waals surface area contributed by atoms with Crippen LogP contribution < -0.4 is 4.74 Å². The molecule has 1 nitrogen and oxygen atoms in total. The Bertz CT molecular complexity index is 750. The highest BCUT2D eigenvalue weighted by atomic mass is 19.1. The standard InChI is InChI=1S/C21H19FO/c1-16(18-11-13-19(22)14-12-18)20-9-5-6-10-21(20)23-15-17-7-3-2-4-8-17/h2-14,16H,15H2,1H3. The van der Waals surface area contributed by atoms with E-state index in [0.717, 1.165) is 22.4 Å². The lowest BCUT2D eigenvalue weighted by Gasteiger charge is -2.17. The fraction of sp³-hybridized carbons (Fsp3) is 0.143. The highest BCUT2D eigenvalue weighted by molar-refractivity contribution is 5.41. The van der Waals surface area contributed by atoms with Crippen LogP contribution in [0.5, 0.6) is 5.75 Å². The van der Waals surface area contributed by atoms with E-state index in [1.807, 2.05) is 60.7 Å². The van der Waals surface area contributed by atoms with Gasteiger partial charge < -0.3 is 4.74 Å². The molecular weight excluding hydrogens is 287 g/mol. The molecule has 0 amide bonds. The molecule has 0 fully saturated rings. The van der Waals surface area contributed by atoms with Crippen molar-refractivity contribution >= 4 is 0 Å². The Morgan fingerprint density at radius 1 is 0.826 bits per heavy atom. The van der Waals surface area contributed by atoms with Gasteiger partial charge in [-0.25, -0.2) is 4.39 Å². The summed E-state index contributed by atoms with van der Waals surface area (Å²) >= 11 is 0. The molecule has 3 aromatic rings. The Balaban J connectivity index is 1.81. The normalized spacial score (nSPS) is 11.9. The summed E-state index contributed by atoms with van der Waals surface area (Å²) in [7, 11) is 0. The first-order valence-electron chi connectivity index (χ1n) is 7.75. The van der Waals surface area contributed by atoms with Crippen LogP contribution in [0.25, 0.3) is 0 Å². The van der Waals surface area contributed by atoms with Gasteiger partial charge in [0.1, 0.15) is 18.2 Å². The van der Waals surface area contributed by atoms with E-state index in [1.165, 1.54) is 12.1 Å². The number of para-hydroxylation sites is 1. The summed E-state index contributed by atoms with van der Waals surface area (Å²) < 4.78 is 19.1. The van der Waals surface area contributed by atoms with E-state index in [1.54, 1.807) is 0 Å². The average molecular weight is 306 g/mol. The lowest BCUT2D eigenvalue weighted by atomic mass is 9.92. The summed E-state index contributed by atoms with van der Waals surface area (Å²) in [5.41, 5.74) is 3.31. The molecule has 0 aromatic heterocycles. The number of rotatable bonds is 5. The largest absolute Gasteiger partial charge is 0.489 e. The van der Waals surface area contributed by atoms with Gasteiger partial charge in [-0.1, -0.05) is 67.6 Å². The second kappa shape index (κ2) is 7.10. The van der Waals surface area contributed by atoms with Crippen molar-refractivity contribution in [1.82, 2.24) is 0 Å². The smallest absolute Gasteiger partial charge is 0.123 e. The van der Waals surface area contributed by atoms with Gasteiger partial charge in [0, 0.05) is 11.5 Å². The van der Waals surface area contributed by atoms with Crippen molar-refractivity contribution < 1.29 is 9.13 Å². The van der Waals surface area contributed by atoms with Crippen molar-refractivity contribution in [3.8, 4) is 5.75 Å². The molecule has 0 saturated heterocycles. The molecule has 23 heavy (non-hydrogen) atoms. The quantitative estimate of drug-likeness (QED) is 0.600. The summed E-state index contributed by atoms with van der Waals surface area (Å²) in [4.78, 5) is 0. The molecule has 0 aliphatic rings. The average Bonchev–Trinajstić information content (AvgIpc) is 2.61. The molecule has 0 aliphatic heterocycles. The van der Waals surface area contributed by atoms with Gasteiger partial charge >= 0.3 is 0 Å². The number of hydrogen-bond donors (Lipinski definition) is 0. The molecule has 0 bridgehead atoms. The van der Waals surface area contributed by atoms with Gasteiger partial charge in [0.2, 0.25) is 0 Å². The van der Waals surface area contributed by atoms with Crippen molar-refractivity contribution in [2.45, 2.75) is 19.4 Å². The van der Waals surface area contributed by atoms with Crippen molar-refractivity contribution in [1.29, 1.82) is 0 Å². The van der Waals surface area contributed by atoms with E-state index in [0.29, 0.717) is 6.61 Å². The molecule has 0 N–H and O–H groups in total. The third kappa shape index (κ3) is 3.78. The molecular formula is C21H19FO. The predicted molar refractivity (Wildman–Crippen MR) is 91.1 cm³/mol. The summed E-state index contributed by atoms with van der Waals surface area (Å²) in [6.07, 6.45) is 0. The number of ether oxygens (including phenoxy) is 1. The molecule has 0 spiro atoms. The zero-order chi connectivity index (χ0) is 16.1. The topological polar surface area (TPSA) is 9.23 Å². The number of halogens is 1. The Kier molecular flexibility index (Phi) is 4.72. The van der Waals surface area contributed by atoms with E-state index in [2.05, 4.69) is 13.0 Å². The molecule has 116 valence electrons. The van der Waals surface area contributed by atoms with Crippen LogP contribution in [-0.2, 0) is 6.61 Å². The Morgan fingerprint density at radius 2 is 1.48 bits per heavy atom. The fourth-order valence-corrected chi connectivity index (χ4v) is 2.64. The summed E-state index contributed by atoms with van der Waals surface area (Å²) in [5.74, 6) is 0.797. The summed E-state index contributed by atoms with van der Waals surface area (Å²) in [5, 5.41) is 0. The lowest BCUT2D eigenvalue weighted by Crippen LogP contribution is -2.02. The Labute approximate surface area is 136 Å². The highest BCUT2D eigenvalue weighted by Gasteiger charge is 2.13. The van der Waals surface area contributed by atoms with Crippen LogP contribution >= 0.6 is 0 Å². The van der Waals surface area contributed by atoms with Crippen molar-refractivity contribution in [3.05, 3.63) is 101 Å². The first-order valence-corrected chi connectivity index (χ1v) is 7.75. The maximum absolute atomic E-state index is 13.1. The zero-order valence-corrected chi connectivity index (χ0v) is 13.1. The third-order valence-corrected chi connectivity index (χ3v) is 3.99. The fourth-order valence-electron chi connectivity index (χ4n) is 2.64. The van der Waals surface area contributed by atoms with E-state index in [9.17, 15) is 4.39 Å². The van der Waals surface area contributed by atoms with Gasteiger partial charge in [-0.3, -0.25) is 0 Å². The minimum absolute atomic E-state index is 0.141. The predicted octanol–water partition coefficient (Wildman–Crippen LogP) is 5.56. The number of hydrogen-bond acceptors (Lipinski definition) is 1. The molecule has 0 radical (unpaired) electrons. The summed E-state index contributed by atoms with van der Waals surface area (Å²) in [6.45, 7) is 2.64. The Hall–Kier alpha value is -2.61. The monoisotopic (exact) mass is 306 g/mol. The maximum atomic E-state index is 13.1. The minimum Gasteiger partial charge on any atom is -0.489 e. The SMILES string of the molecule is CC(c1ccc(F)cc1)c1ccccc1OCc1ccccc1. The molecule has 0 aliphatic carbocycles. The van der Waals surface area contributed by atoms with Gasteiger partial charge in [-0.15, -0.1) is 0 Å².